The Morgan fingerprint density at radius 1 is 1.41 bits per heavy atom. The molecule has 1 fully saturated rings. The van der Waals surface area contributed by atoms with Gasteiger partial charge in [-0.3, -0.25) is 0 Å². The predicted octanol–water partition coefficient (Wildman–Crippen LogP) is 2.97. The van der Waals surface area contributed by atoms with E-state index in [-0.39, 0.29) is 0 Å². The minimum Gasteiger partial charge on any atom is -0.356 e. The summed E-state index contributed by atoms with van der Waals surface area (Å²) in [5.41, 5.74) is 1.11. The summed E-state index contributed by atoms with van der Waals surface area (Å²) in [6, 6.07) is 2.73. The molecule has 1 saturated carbocycles. The highest BCUT2D eigenvalue weighted by Gasteiger charge is 2.21. The second-order valence-corrected chi connectivity index (χ2v) is 6.47. The van der Waals surface area contributed by atoms with Crippen LogP contribution in [0.1, 0.15) is 44.1 Å². The molecular weight excluding hydrogens is 294 g/mol. The zero-order valence-corrected chi connectivity index (χ0v) is 14.3. The largest absolute Gasteiger partial charge is 0.356 e. The molecule has 6 heteroatoms. The van der Waals surface area contributed by atoms with E-state index < -0.39 is 0 Å². The van der Waals surface area contributed by atoms with E-state index >= 15 is 0 Å². The van der Waals surface area contributed by atoms with Crippen LogP contribution in [0, 0.1) is 11.3 Å². The van der Waals surface area contributed by atoms with Gasteiger partial charge in [0, 0.05) is 44.4 Å². The third-order valence-electron chi connectivity index (χ3n) is 4.19. The van der Waals surface area contributed by atoms with Crippen molar-refractivity contribution in [3.05, 3.63) is 11.8 Å². The molecule has 0 spiro atoms. The van der Waals surface area contributed by atoms with Gasteiger partial charge < -0.3 is 10.2 Å². The lowest BCUT2D eigenvalue weighted by Gasteiger charge is -2.33. The van der Waals surface area contributed by atoms with Gasteiger partial charge in [0.1, 0.15) is 5.82 Å². The van der Waals surface area contributed by atoms with Gasteiger partial charge in [-0.1, -0.05) is 31.0 Å². The molecule has 0 bridgehead atoms. The standard InChI is InChI=1S/C16H25N5S/c1-21(14-7-4-3-5-8-14)15-13(11-18-10-6-9-17)12-19-16(20-15)22-2/h12,14,18H,3-8,10-11H2,1-2H3. The highest BCUT2D eigenvalue weighted by atomic mass is 32.2. The van der Waals surface area contributed by atoms with Gasteiger partial charge in [0.05, 0.1) is 6.07 Å². The molecule has 5 nitrogen and oxygen atoms in total. The summed E-state index contributed by atoms with van der Waals surface area (Å²) in [5, 5.41) is 12.7. The molecule has 120 valence electrons. The lowest BCUT2D eigenvalue weighted by atomic mass is 9.94. The molecule has 1 N–H and O–H groups in total. The molecule has 0 unspecified atom stereocenters. The van der Waals surface area contributed by atoms with Crippen LogP contribution in [-0.4, -0.2) is 35.9 Å². The Morgan fingerprint density at radius 2 is 2.18 bits per heavy atom. The van der Waals surface area contributed by atoms with Crippen LogP contribution in [0.5, 0.6) is 0 Å². The third-order valence-corrected chi connectivity index (χ3v) is 4.75. The first-order valence-corrected chi connectivity index (χ1v) is 9.19. The number of thioether (sulfide) groups is 1. The lowest BCUT2D eigenvalue weighted by molar-refractivity contribution is 0.424. The molecule has 0 radical (unpaired) electrons. The van der Waals surface area contributed by atoms with E-state index in [1.54, 1.807) is 11.8 Å². The zero-order chi connectivity index (χ0) is 15.8. The molecule has 0 aromatic carbocycles. The molecule has 1 aliphatic carbocycles. The van der Waals surface area contributed by atoms with Crippen LogP contribution in [0.25, 0.3) is 0 Å². The number of rotatable bonds is 7. The maximum Gasteiger partial charge on any atom is 0.189 e. The molecule has 0 amide bonds. The lowest BCUT2D eigenvalue weighted by Crippen LogP contribution is -2.35. The van der Waals surface area contributed by atoms with Crippen LogP contribution < -0.4 is 10.2 Å². The molecule has 2 rings (SSSR count). The van der Waals surface area contributed by atoms with Crippen molar-refractivity contribution < 1.29 is 0 Å². The van der Waals surface area contributed by atoms with Gasteiger partial charge in [-0.25, -0.2) is 9.97 Å². The van der Waals surface area contributed by atoms with Crippen LogP contribution in [0.4, 0.5) is 5.82 Å². The van der Waals surface area contributed by atoms with Gasteiger partial charge in [0.2, 0.25) is 0 Å². The van der Waals surface area contributed by atoms with Crippen LogP contribution in [0.2, 0.25) is 0 Å². The summed E-state index contributed by atoms with van der Waals surface area (Å²) < 4.78 is 0. The van der Waals surface area contributed by atoms with Gasteiger partial charge >= 0.3 is 0 Å². The Labute approximate surface area is 137 Å². The van der Waals surface area contributed by atoms with E-state index in [1.165, 1.54) is 32.1 Å². The van der Waals surface area contributed by atoms with E-state index in [9.17, 15) is 0 Å². The zero-order valence-electron chi connectivity index (χ0n) is 13.5. The first kappa shape index (κ1) is 17.0. The third kappa shape index (κ3) is 4.59. The first-order valence-electron chi connectivity index (χ1n) is 7.96. The van der Waals surface area contributed by atoms with Crippen molar-refractivity contribution in [3.63, 3.8) is 0 Å². The van der Waals surface area contributed by atoms with Crippen LogP contribution in [-0.2, 0) is 6.54 Å². The second kappa shape index (κ2) is 8.96. The van der Waals surface area contributed by atoms with Crippen molar-refractivity contribution >= 4 is 17.6 Å². The number of nitriles is 1. The average Bonchev–Trinajstić information content (AvgIpc) is 2.59. The summed E-state index contributed by atoms with van der Waals surface area (Å²) in [4.78, 5) is 11.5. The van der Waals surface area contributed by atoms with Crippen molar-refractivity contribution in [1.29, 1.82) is 5.26 Å². The number of hydrogen-bond donors (Lipinski definition) is 1. The summed E-state index contributed by atoms with van der Waals surface area (Å²) >= 11 is 1.58. The second-order valence-electron chi connectivity index (χ2n) is 5.69. The Balaban J connectivity index is 2.12. The molecule has 1 heterocycles. The average molecular weight is 319 g/mol. The molecule has 22 heavy (non-hydrogen) atoms. The Morgan fingerprint density at radius 3 is 2.86 bits per heavy atom. The minimum atomic E-state index is 0.525. The Kier molecular flexibility index (Phi) is 6.94. The van der Waals surface area contributed by atoms with E-state index in [2.05, 4.69) is 28.3 Å². The fraction of sp³-hybridized carbons (Fsp3) is 0.688. The number of nitrogens with one attached hydrogen (secondary N) is 1. The quantitative estimate of drug-likeness (QED) is 0.473. The maximum atomic E-state index is 8.62. The topological polar surface area (TPSA) is 64.8 Å². The summed E-state index contributed by atoms with van der Waals surface area (Å²) in [5.74, 6) is 1.04. The predicted molar refractivity (Wildman–Crippen MR) is 91.0 cm³/mol. The molecular formula is C16H25N5S. The summed E-state index contributed by atoms with van der Waals surface area (Å²) in [6.07, 6.45) is 10.9. The SMILES string of the molecule is CSc1ncc(CNCCC#N)c(N(C)C2CCCCC2)n1. The molecule has 0 atom stereocenters. The van der Waals surface area contributed by atoms with Gasteiger partial charge in [0.15, 0.2) is 5.16 Å². The molecule has 1 aromatic rings. The fourth-order valence-corrected chi connectivity index (χ4v) is 3.26. The van der Waals surface area contributed by atoms with Gasteiger partial charge in [-0.15, -0.1) is 0 Å². The molecule has 0 saturated heterocycles. The van der Waals surface area contributed by atoms with Crippen molar-refractivity contribution in [2.45, 2.75) is 56.3 Å². The van der Waals surface area contributed by atoms with Gasteiger partial charge in [-0.05, 0) is 19.1 Å². The summed E-state index contributed by atoms with van der Waals surface area (Å²) in [7, 11) is 2.15. The number of aromatic nitrogens is 2. The van der Waals surface area contributed by atoms with Gasteiger partial charge in [0.25, 0.3) is 0 Å². The Hall–Kier alpha value is -1.32. The van der Waals surface area contributed by atoms with E-state index in [4.69, 9.17) is 10.2 Å². The van der Waals surface area contributed by atoms with Gasteiger partial charge in [-0.2, -0.15) is 5.26 Å². The highest BCUT2D eigenvalue weighted by Crippen LogP contribution is 2.28. The van der Waals surface area contributed by atoms with Crippen molar-refractivity contribution in [2.24, 2.45) is 0 Å². The molecule has 1 aliphatic rings. The van der Waals surface area contributed by atoms with Crippen molar-refractivity contribution in [3.8, 4) is 6.07 Å². The van der Waals surface area contributed by atoms with Crippen LogP contribution in [0.3, 0.4) is 0 Å². The number of nitrogens with zero attached hydrogens (tertiary/aromatic N) is 4. The van der Waals surface area contributed by atoms with E-state index in [0.29, 0.717) is 25.6 Å². The van der Waals surface area contributed by atoms with E-state index in [0.717, 1.165) is 16.5 Å². The Bertz CT molecular complexity index is 508. The van der Waals surface area contributed by atoms with Crippen molar-refractivity contribution in [2.75, 3.05) is 24.7 Å². The summed E-state index contributed by atoms with van der Waals surface area (Å²) in [6.45, 7) is 1.41. The van der Waals surface area contributed by atoms with E-state index in [1.807, 2.05) is 12.5 Å². The smallest absolute Gasteiger partial charge is 0.189 e. The minimum absolute atomic E-state index is 0.525. The first-order chi connectivity index (χ1) is 10.8. The molecule has 1 aromatic heterocycles. The normalized spacial score (nSPS) is 15.5. The molecule has 0 aliphatic heterocycles. The number of hydrogen-bond acceptors (Lipinski definition) is 6. The number of anilines is 1. The fourth-order valence-electron chi connectivity index (χ4n) is 2.92. The van der Waals surface area contributed by atoms with Crippen molar-refractivity contribution in [1.82, 2.24) is 15.3 Å². The maximum absolute atomic E-state index is 8.62. The van der Waals surface area contributed by atoms with Crippen LogP contribution >= 0.6 is 11.8 Å². The monoisotopic (exact) mass is 319 g/mol. The van der Waals surface area contributed by atoms with Crippen LogP contribution in [0.15, 0.2) is 11.4 Å². The highest BCUT2D eigenvalue weighted by molar-refractivity contribution is 7.98.